The minimum absolute atomic E-state index is 1.10. The van der Waals surface area contributed by atoms with Gasteiger partial charge in [-0.3, -0.25) is 4.98 Å². The molecular weight excluding hydrogens is 194 g/mol. The molecule has 0 radical (unpaired) electrons. The summed E-state index contributed by atoms with van der Waals surface area (Å²) in [6, 6.07) is 0. The van der Waals surface area contributed by atoms with Gasteiger partial charge in [0.1, 0.15) is 0 Å². The van der Waals surface area contributed by atoms with Crippen molar-refractivity contribution in [3.63, 3.8) is 0 Å². The molecule has 0 amide bonds. The molecule has 0 fully saturated rings. The summed E-state index contributed by atoms with van der Waals surface area (Å²) < 4.78 is 0. The predicted molar refractivity (Wildman–Crippen MR) is 72.9 cm³/mol. The monoisotopic (exact) mass is 221 g/mol. The van der Waals surface area contributed by atoms with Crippen LogP contribution in [0.1, 0.15) is 63.6 Å². The highest BCUT2D eigenvalue weighted by atomic mass is 14.6. The van der Waals surface area contributed by atoms with Crippen LogP contribution in [0.2, 0.25) is 0 Å². The van der Waals surface area contributed by atoms with E-state index in [2.05, 4.69) is 39.6 Å². The number of aromatic nitrogens is 1. The molecule has 1 heteroatoms. The molecule has 0 saturated carbocycles. The summed E-state index contributed by atoms with van der Waals surface area (Å²) in [7, 11) is 0. The molecule has 1 aromatic rings. The highest BCUT2D eigenvalue weighted by Crippen LogP contribution is 2.15. The predicted octanol–water partition coefficient (Wildman–Crippen LogP) is 4.71. The van der Waals surface area contributed by atoms with Crippen molar-refractivity contribution in [1.29, 1.82) is 0 Å². The molecule has 1 nitrogen and oxygen atoms in total. The number of aryl methyl sites for hydroxylation is 2. The maximum atomic E-state index is 4.22. The molecule has 0 aliphatic rings. The van der Waals surface area contributed by atoms with E-state index >= 15 is 0 Å². The Hall–Kier alpha value is -0.850. The number of hydrogen-bond donors (Lipinski definition) is 0. The Labute approximate surface area is 101 Å². The molecule has 16 heavy (non-hydrogen) atoms. The van der Waals surface area contributed by atoms with E-state index < -0.39 is 0 Å². The van der Waals surface area contributed by atoms with Gasteiger partial charge in [0.05, 0.1) is 0 Å². The van der Waals surface area contributed by atoms with E-state index in [-0.39, 0.29) is 0 Å². The van der Waals surface area contributed by atoms with Crippen LogP contribution in [0.4, 0.5) is 0 Å². The Morgan fingerprint density at radius 2 is 1.69 bits per heavy atom. The van der Waals surface area contributed by atoms with Gasteiger partial charge in [-0.15, -0.1) is 0 Å². The maximum Gasteiger partial charge on any atom is 0.0302 e. The molecule has 1 heterocycles. The van der Waals surface area contributed by atoms with Crippen LogP contribution in [0.15, 0.2) is 12.4 Å². The first-order chi connectivity index (χ1) is 7.71. The summed E-state index contributed by atoms with van der Waals surface area (Å²) in [5, 5.41) is 0. The molecule has 0 unspecified atom stereocenters. The van der Waals surface area contributed by atoms with E-state index in [0.29, 0.717) is 0 Å². The van der Waals surface area contributed by atoms with Crippen LogP contribution in [0.3, 0.4) is 0 Å². The number of nitrogens with zero attached hydrogens (tertiary/aromatic N) is 1. The largest absolute Gasteiger partial charge is 0.264 e. The topological polar surface area (TPSA) is 12.9 Å². The number of unbranched alkanes of at least 4 members (excludes halogenated alkanes) is 1. The van der Waals surface area contributed by atoms with Crippen molar-refractivity contribution in [3.05, 3.63) is 29.1 Å². The van der Waals surface area contributed by atoms with Gasteiger partial charge in [0.25, 0.3) is 0 Å². The zero-order valence-corrected chi connectivity index (χ0v) is 11.6. The molecule has 0 aromatic carbocycles. The van der Waals surface area contributed by atoms with Gasteiger partial charge in [-0.05, 0) is 42.9 Å². The molecule has 0 aliphatic carbocycles. The van der Waals surface area contributed by atoms with Gasteiger partial charge in [0.15, 0.2) is 0 Å². The summed E-state index contributed by atoms with van der Waals surface area (Å²) in [6.07, 6.45) is 10.1. The average Bonchev–Trinajstić information content (AvgIpc) is 2.28. The van der Waals surface area contributed by atoms with Crippen LogP contribution >= 0.6 is 0 Å². The first kappa shape index (κ1) is 15.2. The molecular formula is C15H27N. The number of pyridine rings is 1. The van der Waals surface area contributed by atoms with Gasteiger partial charge in [-0.2, -0.15) is 0 Å². The van der Waals surface area contributed by atoms with Crippen LogP contribution in [0, 0.1) is 6.92 Å². The standard InChI is InChI=1S/C12H19N.C3H8/c1-4-6-7-12-10(3)8-13-9-11(12)5-2;1-3-2/h8-9H,4-7H2,1-3H3;3H2,1-2H3. The molecule has 0 aliphatic heterocycles. The fourth-order valence-electron chi connectivity index (χ4n) is 1.66. The number of rotatable bonds is 4. The third-order valence-corrected chi connectivity index (χ3v) is 2.52. The Bertz CT molecular complexity index is 279. The second kappa shape index (κ2) is 9.38. The Morgan fingerprint density at radius 3 is 2.19 bits per heavy atom. The van der Waals surface area contributed by atoms with Crippen molar-refractivity contribution in [2.24, 2.45) is 0 Å². The minimum atomic E-state index is 1.10. The van der Waals surface area contributed by atoms with Crippen LogP contribution in [0.25, 0.3) is 0 Å². The fraction of sp³-hybridized carbons (Fsp3) is 0.667. The summed E-state index contributed by atoms with van der Waals surface area (Å²) >= 11 is 0. The van der Waals surface area contributed by atoms with E-state index in [4.69, 9.17) is 0 Å². The summed E-state index contributed by atoms with van der Waals surface area (Å²) in [6.45, 7) is 10.9. The van der Waals surface area contributed by atoms with Crippen molar-refractivity contribution < 1.29 is 0 Å². The SMILES string of the molecule is CCC.CCCCc1c(C)cncc1CC. The smallest absolute Gasteiger partial charge is 0.0302 e. The molecule has 0 N–H and O–H groups in total. The van der Waals surface area contributed by atoms with Crippen LogP contribution in [-0.4, -0.2) is 4.98 Å². The van der Waals surface area contributed by atoms with Crippen molar-refractivity contribution in [2.45, 2.75) is 66.7 Å². The average molecular weight is 221 g/mol. The minimum Gasteiger partial charge on any atom is -0.264 e. The molecule has 0 spiro atoms. The first-order valence-electron chi connectivity index (χ1n) is 6.63. The third kappa shape index (κ3) is 5.29. The summed E-state index contributed by atoms with van der Waals surface area (Å²) in [5.41, 5.74) is 4.31. The second-order valence-electron chi connectivity index (χ2n) is 4.26. The van der Waals surface area contributed by atoms with E-state index in [0.717, 1.165) is 6.42 Å². The van der Waals surface area contributed by atoms with Crippen molar-refractivity contribution in [3.8, 4) is 0 Å². The lowest BCUT2D eigenvalue weighted by molar-refractivity contribution is 0.780. The Balaban J connectivity index is 0.000000673. The lowest BCUT2D eigenvalue weighted by atomic mass is 9.98. The maximum absolute atomic E-state index is 4.22. The van der Waals surface area contributed by atoms with Gasteiger partial charge in [-0.25, -0.2) is 0 Å². The third-order valence-electron chi connectivity index (χ3n) is 2.52. The molecule has 92 valence electrons. The summed E-state index contributed by atoms with van der Waals surface area (Å²) in [4.78, 5) is 4.22. The van der Waals surface area contributed by atoms with Crippen molar-refractivity contribution >= 4 is 0 Å². The lowest BCUT2D eigenvalue weighted by Gasteiger charge is -2.09. The molecule has 1 rings (SSSR count). The van der Waals surface area contributed by atoms with Crippen LogP contribution < -0.4 is 0 Å². The zero-order valence-electron chi connectivity index (χ0n) is 11.6. The Kier molecular flexibility index (Phi) is 8.88. The van der Waals surface area contributed by atoms with Gasteiger partial charge < -0.3 is 0 Å². The molecule has 0 bridgehead atoms. The normalized spacial score (nSPS) is 9.56. The van der Waals surface area contributed by atoms with E-state index in [1.807, 2.05) is 12.4 Å². The summed E-state index contributed by atoms with van der Waals surface area (Å²) in [5.74, 6) is 0. The van der Waals surface area contributed by atoms with Gasteiger partial charge in [-0.1, -0.05) is 40.5 Å². The second-order valence-corrected chi connectivity index (χ2v) is 4.26. The quantitative estimate of drug-likeness (QED) is 0.717. The fourth-order valence-corrected chi connectivity index (χ4v) is 1.66. The molecule has 0 atom stereocenters. The number of hydrogen-bond acceptors (Lipinski definition) is 1. The van der Waals surface area contributed by atoms with Crippen molar-refractivity contribution in [1.82, 2.24) is 4.98 Å². The van der Waals surface area contributed by atoms with Crippen LogP contribution in [0.5, 0.6) is 0 Å². The highest BCUT2D eigenvalue weighted by molar-refractivity contribution is 5.30. The van der Waals surface area contributed by atoms with Gasteiger partial charge >= 0.3 is 0 Å². The molecule has 1 aromatic heterocycles. The Morgan fingerprint density at radius 1 is 1.06 bits per heavy atom. The van der Waals surface area contributed by atoms with E-state index in [1.165, 1.54) is 42.4 Å². The van der Waals surface area contributed by atoms with Gasteiger partial charge in [0, 0.05) is 12.4 Å². The van der Waals surface area contributed by atoms with Gasteiger partial charge in [0.2, 0.25) is 0 Å². The first-order valence-corrected chi connectivity index (χ1v) is 6.63. The van der Waals surface area contributed by atoms with E-state index in [9.17, 15) is 0 Å². The van der Waals surface area contributed by atoms with E-state index in [1.54, 1.807) is 0 Å². The zero-order chi connectivity index (χ0) is 12.4. The van der Waals surface area contributed by atoms with Crippen molar-refractivity contribution in [2.75, 3.05) is 0 Å². The highest BCUT2D eigenvalue weighted by Gasteiger charge is 2.03. The molecule has 0 saturated heterocycles. The van der Waals surface area contributed by atoms with Crippen LogP contribution in [-0.2, 0) is 12.8 Å². The lowest BCUT2D eigenvalue weighted by Crippen LogP contribution is -1.97.